The molecule has 19 heavy (non-hydrogen) atoms. The smallest absolute Gasteiger partial charge is 0.161 e. The average Bonchev–Trinajstić information content (AvgIpc) is 2.68. The molecule has 0 saturated carbocycles. The maximum absolute atomic E-state index is 9.04. The van der Waals surface area contributed by atoms with E-state index >= 15 is 0 Å². The second kappa shape index (κ2) is 5.27. The Labute approximate surface area is 114 Å². The van der Waals surface area contributed by atoms with Crippen LogP contribution in [0.1, 0.15) is 39.5 Å². The summed E-state index contributed by atoms with van der Waals surface area (Å²) in [7, 11) is 0. The molecule has 0 amide bonds. The molecule has 3 nitrogen and oxygen atoms in total. The molecule has 1 aromatic carbocycles. The van der Waals surface area contributed by atoms with Crippen LogP contribution in [-0.4, -0.2) is 9.97 Å². The molecule has 0 radical (unpaired) electrons. The third kappa shape index (κ3) is 2.85. The SMILES string of the molecule is Cc1cc(C)c(CCc2[nH]c(C)nc2C#N)c(C)c1. The summed E-state index contributed by atoms with van der Waals surface area (Å²) in [6.45, 7) is 8.31. The first-order valence-corrected chi connectivity index (χ1v) is 6.53. The first-order chi connectivity index (χ1) is 9.01. The number of nitriles is 1. The second-order valence-corrected chi connectivity index (χ2v) is 5.14. The number of benzene rings is 1. The molecule has 0 spiro atoms. The van der Waals surface area contributed by atoms with E-state index in [2.05, 4.69) is 48.9 Å². The third-order valence-corrected chi connectivity index (χ3v) is 3.47. The zero-order valence-corrected chi connectivity index (χ0v) is 12.0. The number of hydrogen-bond donors (Lipinski definition) is 1. The summed E-state index contributed by atoms with van der Waals surface area (Å²) in [4.78, 5) is 7.37. The topological polar surface area (TPSA) is 52.5 Å². The van der Waals surface area contributed by atoms with Gasteiger partial charge < -0.3 is 4.98 Å². The third-order valence-electron chi connectivity index (χ3n) is 3.47. The van der Waals surface area contributed by atoms with E-state index in [1.54, 1.807) is 0 Å². The summed E-state index contributed by atoms with van der Waals surface area (Å²) < 4.78 is 0. The van der Waals surface area contributed by atoms with E-state index in [9.17, 15) is 0 Å². The van der Waals surface area contributed by atoms with Crippen LogP contribution >= 0.6 is 0 Å². The number of aromatic nitrogens is 2. The van der Waals surface area contributed by atoms with E-state index in [4.69, 9.17) is 5.26 Å². The highest BCUT2D eigenvalue weighted by atomic mass is 14.9. The van der Waals surface area contributed by atoms with Gasteiger partial charge in [0.05, 0.1) is 5.69 Å². The Morgan fingerprint density at radius 3 is 2.32 bits per heavy atom. The molecule has 0 atom stereocenters. The molecule has 2 aromatic rings. The monoisotopic (exact) mass is 253 g/mol. The molecule has 0 bridgehead atoms. The van der Waals surface area contributed by atoms with Gasteiger partial charge in [-0.25, -0.2) is 4.98 Å². The van der Waals surface area contributed by atoms with Gasteiger partial charge in [0.1, 0.15) is 11.9 Å². The Kier molecular flexibility index (Phi) is 3.71. The molecule has 2 rings (SSSR count). The highest BCUT2D eigenvalue weighted by Crippen LogP contribution is 2.19. The molecule has 0 saturated heterocycles. The number of hydrogen-bond acceptors (Lipinski definition) is 2. The molecule has 1 aromatic heterocycles. The van der Waals surface area contributed by atoms with E-state index in [-0.39, 0.29) is 0 Å². The quantitative estimate of drug-likeness (QED) is 0.912. The minimum absolute atomic E-state index is 0.528. The van der Waals surface area contributed by atoms with E-state index in [1.165, 1.54) is 22.3 Å². The Morgan fingerprint density at radius 1 is 1.11 bits per heavy atom. The van der Waals surface area contributed by atoms with Crippen molar-refractivity contribution in [1.29, 1.82) is 5.26 Å². The standard InChI is InChI=1S/C16H19N3/c1-10-7-11(2)14(12(3)8-10)5-6-15-16(9-17)19-13(4)18-15/h7-8H,5-6H2,1-4H3,(H,18,19). The Bertz CT molecular complexity index is 621. The summed E-state index contributed by atoms with van der Waals surface area (Å²) in [6.07, 6.45) is 1.77. The number of H-pyrrole nitrogens is 1. The Hall–Kier alpha value is -2.08. The fourth-order valence-corrected chi connectivity index (χ4v) is 2.67. The van der Waals surface area contributed by atoms with Gasteiger partial charge in [-0.3, -0.25) is 0 Å². The zero-order valence-electron chi connectivity index (χ0n) is 12.0. The minimum atomic E-state index is 0.528. The van der Waals surface area contributed by atoms with Crippen LogP contribution in [0.4, 0.5) is 0 Å². The summed E-state index contributed by atoms with van der Waals surface area (Å²) in [5, 5.41) is 9.04. The van der Waals surface area contributed by atoms with Crippen LogP contribution in [-0.2, 0) is 12.8 Å². The van der Waals surface area contributed by atoms with E-state index < -0.39 is 0 Å². The van der Waals surface area contributed by atoms with Gasteiger partial charge in [-0.2, -0.15) is 5.26 Å². The van der Waals surface area contributed by atoms with Crippen molar-refractivity contribution >= 4 is 0 Å². The van der Waals surface area contributed by atoms with Gasteiger partial charge in [0.25, 0.3) is 0 Å². The number of aromatic amines is 1. The summed E-state index contributed by atoms with van der Waals surface area (Å²) >= 11 is 0. The Morgan fingerprint density at radius 2 is 1.74 bits per heavy atom. The zero-order chi connectivity index (χ0) is 14.0. The summed E-state index contributed by atoms with van der Waals surface area (Å²) in [5.41, 5.74) is 6.80. The van der Waals surface area contributed by atoms with E-state index in [1.807, 2.05) is 6.92 Å². The van der Waals surface area contributed by atoms with Crippen LogP contribution in [0.25, 0.3) is 0 Å². The van der Waals surface area contributed by atoms with Crippen LogP contribution < -0.4 is 0 Å². The second-order valence-electron chi connectivity index (χ2n) is 5.14. The largest absolute Gasteiger partial charge is 0.345 e. The maximum Gasteiger partial charge on any atom is 0.161 e. The van der Waals surface area contributed by atoms with Crippen LogP contribution in [0.5, 0.6) is 0 Å². The van der Waals surface area contributed by atoms with Crippen molar-refractivity contribution < 1.29 is 0 Å². The average molecular weight is 253 g/mol. The number of rotatable bonds is 3. The van der Waals surface area contributed by atoms with Gasteiger partial charge in [-0.05, 0) is 57.2 Å². The molecule has 98 valence electrons. The molecule has 3 heteroatoms. The van der Waals surface area contributed by atoms with Gasteiger partial charge in [0.15, 0.2) is 5.69 Å². The van der Waals surface area contributed by atoms with Crippen LogP contribution in [0.2, 0.25) is 0 Å². The number of imidazole rings is 1. The lowest BCUT2D eigenvalue weighted by Gasteiger charge is -2.10. The van der Waals surface area contributed by atoms with Crippen molar-refractivity contribution in [3.05, 3.63) is 51.6 Å². The molecule has 1 heterocycles. The predicted molar refractivity (Wildman–Crippen MR) is 76.1 cm³/mol. The maximum atomic E-state index is 9.04. The molecule has 0 aliphatic heterocycles. The van der Waals surface area contributed by atoms with Gasteiger partial charge in [0.2, 0.25) is 0 Å². The van der Waals surface area contributed by atoms with Crippen molar-refractivity contribution in [3.63, 3.8) is 0 Å². The van der Waals surface area contributed by atoms with Crippen molar-refractivity contribution in [2.24, 2.45) is 0 Å². The van der Waals surface area contributed by atoms with Crippen molar-refractivity contribution in [1.82, 2.24) is 9.97 Å². The highest BCUT2D eigenvalue weighted by molar-refractivity contribution is 5.38. The van der Waals surface area contributed by atoms with Gasteiger partial charge in [-0.15, -0.1) is 0 Å². The molecular formula is C16H19N3. The van der Waals surface area contributed by atoms with Gasteiger partial charge in [-0.1, -0.05) is 17.7 Å². The van der Waals surface area contributed by atoms with Crippen LogP contribution in [0.15, 0.2) is 12.1 Å². The number of nitrogens with zero attached hydrogens (tertiary/aromatic N) is 2. The summed E-state index contributed by atoms with van der Waals surface area (Å²) in [5.74, 6) is 0.809. The molecule has 0 aliphatic rings. The molecule has 0 unspecified atom stereocenters. The lowest BCUT2D eigenvalue weighted by molar-refractivity contribution is 0.899. The summed E-state index contributed by atoms with van der Waals surface area (Å²) in [6, 6.07) is 6.58. The molecular weight excluding hydrogens is 234 g/mol. The van der Waals surface area contributed by atoms with Crippen molar-refractivity contribution in [2.45, 2.75) is 40.5 Å². The molecule has 1 N–H and O–H groups in total. The van der Waals surface area contributed by atoms with Crippen molar-refractivity contribution in [2.75, 3.05) is 0 Å². The molecule has 0 fully saturated rings. The molecule has 0 aliphatic carbocycles. The fourth-order valence-electron chi connectivity index (χ4n) is 2.67. The fraction of sp³-hybridized carbons (Fsp3) is 0.375. The van der Waals surface area contributed by atoms with Crippen molar-refractivity contribution in [3.8, 4) is 6.07 Å². The van der Waals surface area contributed by atoms with Crippen LogP contribution in [0, 0.1) is 39.0 Å². The first kappa shape index (κ1) is 13.4. The van der Waals surface area contributed by atoms with E-state index in [0.717, 1.165) is 24.4 Å². The van der Waals surface area contributed by atoms with Crippen LogP contribution in [0.3, 0.4) is 0 Å². The minimum Gasteiger partial charge on any atom is -0.345 e. The predicted octanol–water partition coefficient (Wildman–Crippen LogP) is 3.30. The first-order valence-electron chi connectivity index (χ1n) is 6.53. The lowest BCUT2D eigenvalue weighted by atomic mass is 9.95. The number of aryl methyl sites for hydroxylation is 5. The highest BCUT2D eigenvalue weighted by Gasteiger charge is 2.10. The van der Waals surface area contributed by atoms with Gasteiger partial charge >= 0.3 is 0 Å². The normalized spacial score (nSPS) is 10.5. The van der Waals surface area contributed by atoms with Gasteiger partial charge in [0, 0.05) is 0 Å². The Balaban J connectivity index is 2.22. The lowest BCUT2D eigenvalue weighted by Crippen LogP contribution is -2.00. The number of nitrogens with one attached hydrogen (secondary N) is 1. The van der Waals surface area contributed by atoms with E-state index in [0.29, 0.717) is 5.69 Å².